The molecule has 4 nitrogen and oxygen atoms in total. The molecule has 1 aliphatic rings. The van der Waals surface area contributed by atoms with Crippen LogP contribution < -0.4 is 4.90 Å². The molecule has 0 N–H and O–H groups in total. The molecule has 0 aromatic heterocycles. The van der Waals surface area contributed by atoms with Crippen molar-refractivity contribution in [2.24, 2.45) is 5.92 Å². The molecule has 19 heavy (non-hydrogen) atoms. The number of thioether (sulfide) groups is 1. The molecular formula is C14H14N2O2S. The molecule has 1 aromatic rings. The number of hydrogen-bond donors (Lipinski definition) is 0. The molecule has 0 spiro atoms. The maximum absolute atomic E-state index is 12.0. The second-order valence-corrected chi connectivity index (χ2v) is 5.70. The quantitative estimate of drug-likeness (QED) is 0.847. The molecule has 1 amide bonds. The molecule has 1 saturated heterocycles. The topological polar surface area (TPSA) is 61.2 Å². The monoisotopic (exact) mass is 274 g/mol. The molecule has 0 aliphatic carbocycles. The highest BCUT2D eigenvalue weighted by molar-refractivity contribution is 8.13. The first kappa shape index (κ1) is 13.6. The third-order valence-corrected chi connectivity index (χ3v) is 4.09. The van der Waals surface area contributed by atoms with E-state index in [0.29, 0.717) is 30.0 Å². The number of nitriles is 1. The summed E-state index contributed by atoms with van der Waals surface area (Å²) >= 11 is 1.25. The van der Waals surface area contributed by atoms with Gasteiger partial charge in [0.15, 0.2) is 5.12 Å². The van der Waals surface area contributed by atoms with Crippen molar-refractivity contribution in [2.45, 2.75) is 13.3 Å². The fourth-order valence-corrected chi connectivity index (χ4v) is 2.86. The van der Waals surface area contributed by atoms with Gasteiger partial charge in [-0.1, -0.05) is 23.9 Å². The van der Waals surface area contributed by atoms with Gasteiger partial charge in [-0.2, -0.15) is 5.26 Å². The van der Waals surface area contributed by atoms with E-state index in [1.54, 1.807) is 23.1 Å². The lowest BCUT2D eigenvalue weighted by Gasteiger charge is -2.17. The molecule has 0 bridgehead atoms. The van der Waals surface area contributed by atoms with E-state index < -0.39 is 0 Å². The Bertz CT molecular complexity index is 551. The van der Waals surface area contributed by atoms with Gasteiger partial charge in [-0.15, -0.1) is 0 Å². The van der Waals surface area contributed by atoms with Crippen molar-refractivity contribution in [3.05, 3.63) is 29.8 Å². The predicted molar refractivity (Wildman–Crippen MR) is 74.8 cm³/mol. The fourth-order valence-electron chi connectivity index (χ4n) is 2.16. The number of benzene rings is 1. The minimum Gasteiger partial charge on any atom is -0.311 e. The van der Waals surface area contributed by atoms with E-state index in [4.69, 9.17) is 5.26 Å². The first-order chi connectivity index (χ1) is 9.11. The van der Waals surface area contributed by atoms with Crippen LogP contribution in [0.4, 0.5) is 5.69 Å². The minimum atomic E-state index is 0.0249. The Balaban J connectivity index is 2.12. The van der Waals surface area contributed by atoms with Crippen LogP contribution in [0.15, 0.2) is 24.3 Å². The lowest BCUT2D eigenvalue weighted by atomic mass is 10.1. The van der Waals surface area contributed by atoms with Gasteiger partial charge >= 0.3 is 0 Å². The molecule has 2 rings (SSSR count). The van der Waals surface area contributed by atoms with Crippen molar-refractivity contribution < 1.29 is 9.59 Å². The zero-order chi connectivity index (χ0) is 13.8. The average molecular weight is 274 g/mol. The van der Waals surface area contributed by atoms with Gasteiger partial charge in [0.1, 0.15) is 6.07 Å². The number of amides is 1. The highest BCUT2D eigenvalue weighted by Gasteiger charge is 2.31. The molecule has 1 aliphatic heterocycles. The van der Waals surface area contributed by atoms with E-state index in [1.165, 1.54) is 18.7 Å². The summed E-state index contributed by atoms with van der Waals surface area (Å²) in [7, 11) is 0. The van der Waals surface area contributed by atoms with E-state index in [1.807, 2.05) is 6.07 Å². The van der Waals surface area contributed by atoms with Crippen LogP contribution in [-0.2, 0) is 9.59 Å². The summed E-state index contributed by atoms with van der Waals surface area (Å²) < 4.78 is 0. The van der Waals surface area contributed by atoms with Gasteiger partial charge < -0.3 is 4.90 Å². The second-order valence-electron chi connectivity index (χ2n) is 4.51. The van der Waals surface area contributed by atoms with E-state index in [9.17, 15) is 9.59 Å². The SMILES string of the molecule is CC(=O)SCC1CC(=O)N(c2ccccc2C#N)C1. The van der Waals surface area contributed by atoms with Gasteiger partial charge in [0.05, 0.1) is 11.3 Å². The van der Waals surface area contributed by atoms with Crippen molar-refractivity contribution in [2.75, 3.05) is 17.2 Å². The van der Waals surface area contributed by atoms with Crippen LogP contribution in [0.3, 0.4) is 0 Å². The fraction of sp³-hybridized carbons (Fsp3) is 0.357. The molecule has 1 unspecified atom stereocenters. The Hall–Kier alpha value is -1.80. The highest BCUT2D eigenvalue weighted by atomic mass is 32.2. The van der Waals surface area contributed by atoms with Crippen molar-refractivity contribution >= 4 is 28.5 Å². The van der Waals surface area contributed by atoms with Crippen LogP contribution in [0, 0.1) is 17.2 Å². The lowest BCUT2D eigenvalue weighted by molar-refractivity contribution is -0.117. The summed E-state index contributed by atoms with van der Waals surface area (Å²) in [5.74, 6) is 0.858. The maximum Gasteiger partial charge on any atom is 0.227 e. The smallest absolute Gasteiger partial charge is 0.227 e. The molecule has 0 saturated carbocycles. The number of para-hydroxylation sites is 1. The van der Waals surface area contributed by atoms with Gasteiger partial charge in [0.25, 0.3) is 0 Å². The Morgan fingerprint density at radius 1 is 1.53 bits per heavy atom. The summed E-state index contributed by atoms with van der Waals surface area (Å²) in [5, 5.41) is 9.14. The summed E-state index contributed by atoms with van der Waals surface area (Å²) in [5.41, 5.74) is 1.18. The summed E-state index contributed by atoms with van der Waals surface area (Å²) in [4.78, 5) is 24.6. The number of carbonyl (C=O) groups is 2. The summed E-state index contributed by atoms with van der Waals surface area (Å²) in [6.07, 6.45) is 0.444. The molecule has 98 valence electrons. The van der Waals surface area contributed by atoms with Crippen LogP contribution in [-0.4, -0.2) is 23.3 Å². The summed E-state index contributed by atoms with van der Waals surface area (Å²) in [6, 6.07) is 9.21. The molecule has 1 atom stereocenters. The van der Waals surface area contributed by atoms with Gasteiger partial charge in [-0.05, 0) is 18.1 Å². The van der Waals surface area contributed by atoms with Gasteiger partial charge in [0, 0.05) is 25.6 Å². The largest absolute Gasteiger partial charge is 0.311 e. The first-order valence-corrected chi connectivity index (χ1v) is 7.03. The zero-order valence-corrected chi connectivity index (χ0v) is 11.4. The van der Waals surface area contributed by atoms with Crippen molar-refractivity contribution in [1.82, 2.24) is 0 Å². The van der Waals surface area contributed by atoms with Crippen molar-refractivity contribution in [3.63, 3.8) is 0 Å². The maximum atomic E-state index is 12.0. The van der Waals surface area contributed by atoms with Crippen LogP contribution in [0.1, 0.15) is 18.9 Å². The van der Waals surface area contributed by atoms with Crippen molar-refractivity contribution in [3.8, 4) is 6.07 Å². The average Bonchev–Trinajstić information content (AvgIpc) is 2.77. The minimum absolute atomic E-state index is 0.0249. The van der Waals surface area contributed by atoms with E-state index in [0.717, 1.165) is 0 Å². The van der Waals surface area contributed by atoms with Crippen LogP contribution >= 0.6 is 11.8 Å². The summed E-state index contributed by atoms with van der Waals surface area (Å²) in [6.45, 7) is 2.11. The van der Waals surface area contributed by atoms with Gasteiger partial charge in [0.2, 0.25) is 5.91 Å². The molecule has 5 heteroatoms. The lowest BCUT2D eigenvalue weighted by Crippen LogP contribution is -2.25. The van der Waals surface area contributed by atoms with Gasteiger partial charge in [-0.3, -0.25) is 9.59 Å². The normalized spacial score (nSPS) is 18.4. The third kappa shape index (κ3) is 3.15. The number of hydrogen-bond acceptors (Lipinski definition) is 4. The predicted octanol–water partition coefficient (Wildman–Crippen LogP) is 2.19. The number of anilines is 1. The van der Waals surface area contributed by atoms with E-state index >= 15 is 0 Å². The second kappa shape index (κ2) is 5.89. The standard InChI is InChI=1S/C14H14N2O2S/c1-10(17)19-9-11-6-14(18)16(8-11)13-5-3-2-4-12(13)7-15/h2-5,11H,6,8-9H2,1H3. The van der Waals surface area contributed by atoms with Crippen molar-refractivity contribution in [1.29, 1.82) is 5.26 Å². The zero-order valence-electron chi connectivity index (χ0n) is 10.6. The number of carbonyl (C=O) groups excluding carboxylic acids is 2. The van der Waals surface area contributed by atoms with E-state index in [2.05, 4.69) is 6.07 Å². The molecule has 0 radical (unpaired) electrons. The van der Waals surface area contributed by atoms with Crippen LogP contribution in [0.2, 0.25) is 0 Å². The molecular weight excluding hydrogens is 260 g/mol. The Kier molecular flexibility index (Phi) is 4.23. The molecule has 1 heterocycles. The Morgan fingerprint density at radius 2 is 2.26 bits per heavy atom. The Morgan fingerprint density at radius 3 is 2.95 bits per heavy atom. The van der Waals surface area contributed by atoms with Crippen LogP contribution in [0.5, 0.6) is 0 Å². The number of nitrogens with zero attached hydrogens (tertiary/aromatic N) is 2. The molecule has 1 aromatic carbocycles. The highest BCUT2D eigenvalue weighted by Crippen LogP contribution is 2.29. The number of rotatable bonds is 3. The first-order valence-electron chi connectivity index (χ1n) is 6.04. The molecule has 1 fully saturated rings. The third-order valence-electron chi connectivity index (χ3n) is 3.04. The Labute approximate surface area is 116 Å². The van der Waals surface area contributed by atoms with E-state index in [-0.39, 0.29) is 16.9 Å². The van der Waals surface area contributed by atoms with Crippen LogP contribution in [0.25, 0.3) is 0 Å². The van der Waals surface area contributed by atoms with Gasteiger partial charge in [-0.25, -0.2) is 0 Å².